The molecule has 2 aromatic rings. The number of amides is 3. The molecule has 1 atom stereocenters. The van der Waals surface area contributed by atoms with E-state index in [9.17, 15) is 27.4 Å². The summed E-state index contributed by atoms with van der Waals surface area (Å²) >= 11 is 0. The van der Waals surface area contributed by atoms with E-state index in [0.717, 1.165) is 22.0 Å². The summed E-state index contributed by atoms with van der Waals surface area (Å²) < 4.78 is 54.4. The average Bonchev–Trinajstić information content (AvgIpc) is 3.02. The minimum absolute atomic E-state index is 0.0195. The van der Waals surface area contributed by atoms with E-state index in [1.807, 2.05) is 11.8 Å². The number of piperazine rings is 1. The van der Waals surface area contributed by atoms with Crippen molar-refractivity contribution in [3.63, 3.8) is 0 Å². The summed E-state index contributed by atoms with van der Waals surface area (Å²) in [6.07, 6.45) is 7.61. The van der Waals surface area contributed by atoms with Gasteiger partial charge in [-0.05, 0) is 38.1 Å². The van der Waals surface area contributed by atoms with Gasteiger partial charge >= 0.3 is 6.09 Å². The Bertz CT molecular complexity index is 1300. The molecule has 1 fully saturated rings. The first-order chi connectivity index (χ1) is 21.0. The normalized spacial score (nSPS) is 13.8. The topological polar surface area (TPSA) is 132 Å². The van der Waals surface area contributed by atoms with Crippen LogP contribution in [0.5, 0.6) is 11.5 Å². The molecule has 1 unspecified atom stereocenters. The SMILES string of the molecule is C#C.CCOC(=O)N1CCN(CC(=O)N(C)CCN(CC(=O)NO)S(=O)c2cc(F)c(Oc3ccc(C)cc3)c(F)c2)CC1. The third-order valence-electron chi connectivity index (χ3n) is 6.46. The fraction of sp³-hybridized carbons (Fsp3) is 0.414. The van der Waals surface area contributed by atoms with Crippen molar-refractivity contribution in [2.24, 2.45) is 0 Å². The van der Waals surface area contributed by atoms with Crippen molar-refractivity contribution in [2.45, 2.75) is 18.7 Å². The first-order valence-corrected chi connectivity index (χ1v) is 14.7. The quantitative estimate of drug-likeness (QED) is 0.206. The lowest BCUT2D eigenvalue weighted by atomic mass is 10.2. The van der Waals surface area contributed by atoms with Crippen LogP contribution in [0, 0.1) is 31.4 Å². The lowest BCUT2D eigenvalue weighted by molar-refractivity contribution is -0.131. The second-order valence-corrected chi connectivity index (χ2v) is 11.0. The van der Waals surface area contributed by atoms with Gasteiger partial charge < -0.3 is 19.3 Å². The number of likely N-dealkylation sites (N-methyl/N-ethyl adjacent to an activating group) is 1. The van der Waals surface area contributed by atoms with E-state index in [1.165, 1.54) is 17.4 Å². The van der Waals surface area contributed by atoms with Gasteiger partial charge in [0.1, 0.15) is 16.7 Å². The summed E-state index contributed by atoms with van der Waals surface area (Å²) in [5.74, 6) is -3.82. The van der Waals surface area contributed by atoms with E-state index in [0.29, 0.717) is 26.2 Å². The van der Waals surface area contributed by atoms with Gasteiger partial charge in [-0.2, -0.15) is 0 Å². The van der Waals surface area contributed by atoms with Gasteiger partial charge in [0.25, 0.3) is 5.91 Å². The number of ether oxygens (including phenoxy) is 2. The maximum absolute atomic E-state index is 14.9. The third-order valence-corrected chi connectivity index (χ3v) is 7.88. The van der Waals surface area contributed by atoms with Crippen LogP contribution in [0.2, 0.25) is 0 Å². The van der Waals surface area contributed by atoms with E-state index < -0.39 is 46.9 Å². The Morgan fingerprint density at radius 1 is 1.05 bits per heavy atom. The molecule has 240 valence electrons. The lowest BCUT2D eigenvalue weighted by Gasteiger charge is -2.34. The van der Waals surface area contributed by atoms with Crippen LogP contribution in [0.4, 0.5) is 13.6 Å². The van der Waals surface area contributed by atoms with Crippen molar-refractivity contribution in [2.75, 3.05) is 66.0 Å². The zero-order valence-corrected chi connectivity index (χ0v) is 25.6. The van der Waals surface area contributed by atoms with Gasteiger partial charge in [0.05, 0.1) is 24.6 Å². The van der Waals surface area contributed by atoms with E-state index in [1.54, 1.807) is 36.1 Å². The summed E-state index contributed by atoms with van der Waals surface area (Å²) in [6, 6.07) is 8.22. The highest BCUT2D eigenvalue weighted by Crippen LogP contribution is 2.30. The molecule has 0 saturated carbocycles. The molecule has 3 rings (SSSR count). The van der Waals surface area contributed by atoms with Gasteiger partial charge in [-0.25, -0.2) is 27.6 Å². The number of hydrogen-bond donors (Lipinski definition) is 2. The highest BCUT2D eigenvalue weighted by atomic mass is 32.2. The third kappa shape index (κ3) is 10.6. The van der Waals surface area contributed by atoms with Gasteiger partial charge in [-0.3, -0.25) is 19.7 Å². The molecule has 1 aliphatic rings. The Balaban J connectivity index is 0.00000330. The standard InChI is InChI=1S/C27H35F2N5O7S.C2H2/c1-4-40-27(37)33-12-10-32(11-13-33)18-25(36)31(3)9-14-34(17-24(35)30-38)42(39)21-15-22(28)26(23(29)16-21)41-20-7-5-19(2)6-8-20;1-2/h5-8,15-16,38H,4,9-14,17-18H2,1-3H3,(H,30,35);1-2H. The predicted octanol–water partition coefficient (Wildman–Crippen LogP) is 2.38. The van der Waals surface area contributed by atoms with E-state index >= 15 is 0 Å². The molecule has 2 N–H and O–H groups in total. The monoisotopic (exact) mass is 637 g/mol. The van der Waals surface area contributed by atoms with Crippen molar-refractivity contribution >= 4 is 28.9 Å². The molecule has 1 heterocycles. The number of carbonyl (C=O) groups is 3. The number of hydrogen-bond acceptors (Lipinski definition) is 8. The average molecular weight is 638 g/mol. The second-order valence-electron chi connectivity index (χ2n) is 9.56. The molecular formula is C29H37F2N5O7S. The molecule has 2 aromatic carbocycles. The Morgan fingerprint density at radius 2 is 1.64 bits per heavy atom. The first-order valence-electron chi connectivity index (χ1n) is 13.6. The van der Waals surface area contributed by atoms with Crippen molar-refractivity contribution in [1.29, 1.82) is 0 Å². The molecule has 44 heavy (non-hydrogen) atoms. The van der Waals surface area contributed by atoms with Crippen molar-refractivity contribution in [3.8, 4) is 24.3 Å². The molecule has 1 aliphatic heterocycles. The molecule has 0 spiro atoms. The number of hydroxylamine groups is 1. The van der Waals surface area contributed by atoms with Gasteiger partial charge in [0.15, 0.2) is 17.4 Å². The van der Waals surface area contributed by atoms with Gasteiger partial charge in [-0.1, -0.05) is 17.7 Å². The van der Waals surface area contributed by atoms with Crippen LogP contribution in [0.25, 0.3) is 0 Å². The van der Waals surface area contributed by atoms with Crippen LogP contribution in [-0.4, -0.2) is 112 Å². The number of rotatable bonds is 12. The summed E-state index contributed by atoms with van der Waals surface area (Å²) in [4.78, 5) is 41.1. The van der Waals surface area contributed by atoms with E-state index in [-0.39, 0.29) is 42.8 Å². The molecule has 3 amide bonds. The smallest absolute Gasteiger partial charge is 0.409 e. The summed E-state index contributed by atoms with van der Waals surface area (Å²) in [7, 11) is -0.711. The minimum atomic E-state index is -2.24. The molecule has 1 saturated heterocycles. The zero-order chi connectivity index (χ0) is 32.8. The Hall–Kier alpha value is -4.10. The highest BCUT2D eigenvalue weighted by Gasteiger charge is 2.26. The van der Waals surface area contributed by atoms with Gasteiger partial charge in [-0.15, -0.1) is 12.8 Å². The first kappa shape index (κ1) is 36.1. The number of nitrogens with zero attached hydrogens (tertiary/aromatic N) is 4. The Labute approximate surface area is 258 Å². The molecule has 12 nitrogen and oxygen atoms in total. The molecule has 0 bridgehead atoms. The van der Waals surface area contributed by atoms with Crippen LogP contribution < -0.4 is 10.2 Å². The van der Waals surface area contributed by atoms with Crippen LogP contribution in [0.15, 0.2) is 41.3 Å². The summed E-state index contributed by atoms with van der Waals surface area (Å²) in [5.41, 5.74) is 2.37. The number of benzene rings is 2. The molecule has 0 aliphatic carbocycles. The Morgan fingerprint density at radius 3 is 2.18 bits per heavy atom. The number of carbonyl (C=O) groups excluding carboxylic acids is 3. The number of aryl methyl sites for hydroxylation is 1. The molecule has 0 aromatic heterocycles. The number of halogens is 2. The van der Waals surface area contributed by atoms with Crippen LogP contribution in [-0.2, 0) is 25.3 Å². The number of terminal acetylenes is 1. The Kier molecular flexibility index (Phi) is 14.7. The fourth-order valence-electron chi connectivity index (χ4n) is 4.03. The minimum Gasteiger partial charge on any atom is -0.451 e. The van der Waals surface area contributed by atoms with Crippen LogP contribution in [0.3, 0.4) is 0 Å². The van der Waals surface area contributed by atoms with Crippen molar-refractivity contribution in [3.05, 3.63) is 53.6 Å². The van der Waals surface area contributed by atoms with E-state index in [2.05, 4.69) is 12.8 Å². The van der Waals surface area contributed by atoms with Gasteiger partial charge in [0.2, 0.25) is 5.91 Å². The van der Waals surface area contributed by atoms with Crippen molar-refractivity contribution in [1.82, 2.24) is 24.5 Å². The van der Waals surface area contributed by atoms with Gasteiger partial charge in [0, 0.05) is 46.3 Å². The lowest BCUT2D eigenvalue weighted by Crippen LogP contribution is -2.51. The van der Waals surface area contributed by atoms with Crippen LogP contribution >= 0.6 is 0 Å². The molecule has 15 heteroatoms. The van der Waals surface area contributed by atoms with Crippen LogP contribution in [0.1, 0.15) is 12.5 Å². The highest BCUT2D eigenvalue weighted by molar-refractivity contribution is 7.82. The van der Waals surface area contributed by atoms with E-state index in [4.69, 9.17) is 14.7 Å². The number of nitrogens with one attached hydrogen (secondary N) is 1. The largest absolute Gasteiger partial charge is 0.451 e. The van der Waals surface area contributed by atoms with Crippen molar-refractivity contribution < 1.29 is 42.1 Å². The maximum Gasteiger partial charge on any atom is 0.409 e. The second kappa shape index (κ2) is 17.9. The predicted molar refractivity (Wildman–Crippen MR) is 158 cm³/mol. The summed E-state index contributed by atoms with van der Waals surface area (Å²) in [6.45, 7) is 5.04. The fourth-order valence-corrected chi connectivity index (χ4v) is 5.21. The maximum atomic E-state index is 14.9. The molecule has 0 radical (unpaired) electrons. The zero-order valence-electron chi connectivity index (χ0n) is 24.8. The molecular weight excluding hydrogens is 600 g/mol. The summed E-state index contributed by atoms with van der Waals surface area (Å²) in [5, 5.41) is 8.98.